The van der Waals surface area contributed by atoms with E-state index in [-0.39, 0.29) is 18.4 Å². The molecule has 1 aliphatic heterocycles. The Morgan fingerprint density at radius 1 is 1.40 bits per heavy atom. The van der Waals surface area contributed by atoms with Gasteiger partial charge in [-0.1, -0.05) is 12.1 Å². The van der Waals surface area contributed by atoms with Gasteiger partial charge in [-0.15, -0.1) is 0 Å². The number of nitrogens with zero attached hydrogens (tertiary/aromatic N) is 2. The minimum Gasteiger partial charge on any atom is -0.497 e. The van der Waals surface area contributed by atoms with Crippen molar-refractivity contribution >= 4 is 15.9 Å². The molecule has 1 saturated heterocycles. The average Bonchev–Trinajstić information content (AvgIpc) is 2.60. The maximum absolute atomic E-state index is 12.6. The van der Waals surface area contributed by atoms with Crippen LogP contribution in [0.3, 0.4) is 0 Å². The highest BCUT2D eigenvalue weighted by atomic mass is 32.2. The fraction of sp³-hybridized carbons (Fsp3) is 0.588. The number of ether oxygens (including phenoxy) is 1. The van der Waals surface area contributed by atoms with Crippen molar-refractivity contribution in [3.05, 3.63) is 29.8 Å². The van der Waals surface area contributed by atoms with Gasteiger partial charge in [-0.25, -0.2) is 12.7 Å². The van der Waals surface area contributed by atoms with Gasteiger partial charge >= 0.3 is 0 Å². The largest absolute Gasteiger partial charge is 0.497 e. The number of sulfonamides is 1. The molecule has 0 bridgehead atoms. The Morgan fingerprint density at radius 2 is 2.04 bits per heavy atom. The Hall–Kier alpha value is -1.64. The molecule has 0 saturated carbocycles. The van der Waals surface area contributed by atoms with E-state index in [9.17, 15) is 18.3 Å². The maximum Gasteiger partial charge on any atom is 0.225 e. The molecule has 140 valence electrons. The van der Waals surface area contributed by atoms with Crippen LogP contribution in [0.1, 0.15) is 24.5 Å². The quantitative estimate of drug-likeness (QED) is 0.802. The second kappa shape index (κ2) is 8.16. The summed E-state index contributed by atoms with van der Waals surface area (Å²) in [6.07, 6.45) is 1.39. The van der Waals surface area contributed by atoms with Gasteiger partial charge < -0.3 is 14.7 Å². The van der Waals surface area contributed by atoms with Crippen LogP contribution in [0.2, 0.25) is 0 Å². The van der Waals surface area contributed by atoms with Gasteiger partial charge in [0, 0.05) is 26.1 Å². The van der Waals surface area contributed by atoms with Gasteiger partial charge in [0.1, 0.15) is 5.75 Å². The average molecular weight is 370 g/mol. The van der Waals surface area contributed by atoms with Gasteiger partial charge in [0.05, 0.1) is 26.0 Å². The summed E-state index contributed by atoms with van der Waals surface area (Å²) in [7, 11) is 0.0206. The van der Waals surface area contributed by atoms with Crippen LogP contribution in [-0.4, -0.2) is 68.7 Å². The number of likely N-dealkylation sites (N-methyl/N-ethyl adjacent to an activating group) is 1. The molecule has 1 aliphatic rings. The molecule has 1 aromatic rings. The van der Waals surface area contributed by atoms with Gasteiger partial charge in [-0.2, -0.15) is 0 Å². The number of carbonyl (C=O) groups is 1. The highest BCUT2D eigenvalue weighted by Crippen LogP contribution is 2.23. The molecule has 25 heavy (non-hydrogen) atoms. The Labute approximate surface area is 149 Å². The minimum atomic E-state index is -3.20. The second-order valence-electron chi connectivity index (χ2n) is 6.45. The Kier molecular flexibility index (Phi) is 6.42. The molecule has 1 unspecified atom stereocenters. The monoisotopic (exact) mass is 370 g/mol. The molecule has 1 aromatic carbocycles. The molecule has 0 spiro atoms. The van der Waals surface area contributed by atoms with E-state index in [4.69, 9.17) is 4.74 Å². The summed E-state index contributed by atoms with van der Waals surface area (Å²) in [6.45, 7) is 0.904. The van der Waals surface area contributed by atoms with Crippen molar-refractivity contribution in [1.82, 2.24) is 9.21 Å². The van der Waals surface area contributed by atoms with Gasteiger partial charge in [0.15, 0.2) is 0 Å². The number of hydrogen-bond donors (Lipinski definition) is 1. The summed E-state index contributed by atoms with van der Waals surface area (Å²) < 4.78 is 29.6. The van der Waals surface area contributed by atoms with E-state index in [0.29, 0.717) is 37.2 Å². The minimum absolute atomic E-state index is 0.0601. The molecular formula is C17H26N2O5S. The molecule has 0 radical (unpaired) electrons. The number of aliphatic hydroxyl groups excluding tert-OH is 1. The number of carbonyl (C=O) groups excluding carboxylic acids is 1. The molecule has 1 N–H and O–H groups in total. The van der Waals surface area contributed by atoms with Crippen molar-refractivity contribution in [3.8, 4) is 5.75 Å². The number of methoxy groups -OCH3 is 1. The SMILES string of the molecule is COc1cccc(C(O)CN(C)C(=O)C2CCN(S(C)(=O)=O)CC2)c1. The highest BCUT2D eigenvalue weighted by Gasteiger charge is 2.31. The topological polar surface area (TPSA) is 87.2 Å². The predicted octanol–water partition coefficient (Wildman–Crippen LogP) is 0.859. The molecular weight excluding hydrogens is 344 g/mol. The highest BCUT2D eigenvalue weighted by molar-refractivity contribution is 7.88. The summed E-state index contributed by atoms with van der Waals surface area (Å²) in [5.41, 5.74) is 0.686. The van der Waals surface area contributed by atoms with Crippen LogP contribution in [0.5, 0.6) is 5.75 Å². The summed E-state index contributed by atoms with van der Waals surface area (Å²) in [4.78, 5) is 14.1. The lowest BCUT2D eigenvalue weighted by Crippen LogP contribution is -2.43. The van der Waals surface area contributed by atoms with E-state index >= 15 is 0 Å². The van der Waals surface area contributed by atoms with Crippen molar-refractivity contribution in [2.75, 3.05) is 40.0 Å². The molecule has 0 aliphatic carbocycles. The van der Waals surface area contributed by atoms with Crippen LogP contribution in [0, 0.1) is 5.92 Å². The zero-order chi connectivity index (χ0) is 18.6. The van der Waals surface area contributed by atoms with Crippen molar-refractivity contribution in [3.63, 3.8) is 0 Å². The third kappa shape index (κ3) is 5.17. The van der Waals surface area contributed by atoms with E-state index in [1.807, 2.05) is 0 Å². The van der Waals surface area contributed by atoms with Gasteiger partial charge in [-0.05, 0) is 30.5 Å². The van der Waals surface area contributed by atoms with Crippen LogP contribution < -0.4 is 4.74 Å². The van der Waals surface area contributed by atoms with E-state index in [2.05, 4.69) is 0 Å². The van der Waals surface area contributed by atoms with Crippen LogP contribution >= 0.6 is 0 Å². The molecule has 0 aromatic heterocycles. The summed E-state index contributed by atoms with van der Waals surface area (Å²) in [6, 6.07) is 7.12. The number of amides is 1. The lowest BCUT2D eigenvalue weighted by molar-refractivity contribution is -0.136. The first-order valence-electron chi connectivity index (χ1n) is 8.24. The fourth-order valence-electron chi connectivity index (χ4n) is 3.05. The van der Waals surface area contributed by atoms with Crippen LogP contribution in [0.4, 0.5) is 0 Å². The van der Waals surface area contributed by atoms with Gasteiger partial charge in [-0.3, -0.25) is 4.79 Å². The predicted molar refractivity (Wildman–Crippen MR) is 94.7 cm³/mol. The number of piperidine rings is 1. The molecule has 8 heteroatoms. The Bertz CT molecular complexity index is 699. The molecule has 1 atom stereocenters. The van der Waals surface area contributed by atoms with E-state index in [1.165, 1.54) is 15.5 Å². The lowest BCUT2D eigenvalue weighted by Gasteiger charge is -2.32. The normalized spacial score (nSPS) is 17.9. The van der Waals surface area contributed by atoms with E-state index in [0.717, 1.165) is 0 Å². The molecule has 1 amide bonds. The smallest absolute Gasteiger partial charge is 0.225 e. The second-order valence-corrected chi connectivity index (χ2v) is 8.43. The van der Waals surface area contributed by atoms with Crippen molar-refractivity contribution in [1.29, 1.82) is 0 Å². The molecule has 2 rings (SSSR count). The molecule has 1 fully saturated rings. The fourth-order valence-corrected chi connectivity index (χ4v) is 3.92. The maximum atomic E-state index is 12.6. The number of benzene rings is 1. The summed E-state index contributed by atoms with van der Waals surface area (Å²) in [5.74, 6) is 0.384. The number of hydrogen-bond acceptors (Lipinski definition) is 5. The van der Waals surface area contributed by atoms with Crippen molar-refractivity contribution < 1.29 is 23.1 Å². The van der Waals surface area contributed by atoms with Crippen LogP contribution in [0.25, 0.3) is 0 Å². The third-order valence-electron chi connectivity index (χ3n) is 4.57. The first-order valence-corrected chi connectivity index (χ1v) is 10.1. The van der Waals surface area contributed by atoms with Gasteiger partial charge in [0.2, 0.25) is 15.9 Å². The number of rotatable bonds is 6. The molecule has 1 heterocycles. The zero-order valence-electron chi connectivity index (χ0n) is 14.9. The van der Waals surface area contributed by atoms with Crippen molar-refractivity contribution in [2.45, 2.75) is 18.9 Å². The first kappa shape index (κ1) is 19.7. The van der Waals surface area contributed by atoms with Crippen LogP contribution in [-0.2, 0) is 14.8 Å². The van der Waals surface area contributed by atoms with E-state index in [1.54, 1.807) is 38.4 Å². The number of aliphatic hydroxyl groups is 1. The Morgan fingerprint density at radius 3 is 2.60 bits per heavy atom. The van der Waals surface area contributed by atoms with Crippen molar-refractivity contribution in [2.24, 2.45) is 5.92 Å². The van der Waals surface area contributed by atoms with Crippen LogP contribution in [0.15, 0.2) is 24.3 Å². The summed E-state index contributed by atoms with van der Waals surface area (Å²) >= 11 is 0. The summed E-state index contributed by atoms with van der Waals surface area (Å²) in [5, 5.41) is 10.4. The molecule has 7 nitrogen and oxygen atoms in total. The Balaban J connectivity index is 1.92. The third-order valence-corrected chi connectivity index (χ3v) is 5.88. The first-order chi connectivity index (χ1) is 11.7. The zero-order valence-corrected chi connectivity index (χ0v) is 15.7. The standard InChI is InChI=1S/C17H26N2O5S/c1-18(12-16(20)14-5-4-6-15(11-14)24-2)17(21)13-7-9-19(10-8-13)25(3,22)23/h4-6,11,13,16,20H,7-10,12H2,1-3H3. The lowest BCUT2D eigenvalue weighted by atomic mass is 9.96. The van der Waals surface area contributed by atoms with E-state index < -0.39 is 16.1 Å². The van der Waals surface area contributed by atoms with Gasteiger partial charge in [0.25, 0.3) is 0 Å².